The van der Waals surface area contributed by atoms with Gasteiger partial charge in [0.1, 0.15) is 58.9 Å². The number of aromatic nitrogens is 1. The van der Waals surface area contributed by atoms with Crippen molar-refractivity contribution in [1.82, 2.24) is 4.98 Å². The molecule has 0 saturated heterocycles. The van der Waals surface area contributed by atoms with Crippen LogP contribution in [0, 0.1) is 0 Å². The van der Waals surface area contributed by atoms with Crippen LogP contribution in [0.15, 0.2) is 484 Å². The van der Waals surface area contributed by atoms with Gasteiger partial charge in [-0.05, 0) is 272 Å². The molecule has 0 spiro atoms. The molecule has 1 aliphatic carbocycles. The largest absolute Gasteiger partial charge is 0.744 e. The smallest absolute Gasteiger partial charge is 0.349 e. The van der Waals surface area contributed by atoms with E-state index in [1.807, 2.05) is 36.4 Å². The van der Waals surface area contributed by atoms with Crippen molar-refractivity contribution in [2.75, 3.05) is 26.9 Å². The number of ether oxygens (including phenoxy) is 7. The van der Waals surface area contributed by atoms with Crippen LogP contribution in [0.3, 0.4) is 0 Å². The van der Waals surface area contributed by atoms with Gasteiger partial charge in [0.15, 0.2) is 81.1 Å². The van der Waals surface area contributed by atoms with Crippen LogP contribution in [0.25, 0.3) is 21.7 Å². The standard InChI is InChI=1S/C24H25S.C22H22O6S.C21H21NO6S.C19H22O7S.2C18H15S/c1-4-10-20(11-5-1)21-16-18-24(19-17-21)25(22-12-6-2-7-13-22)23-14-8-3-9-15-23;1-3-15(2)16-10-12-17(13-11-16)27-14-22(23)28-20-8-4-7-19-18(20)6-5-9-21(19)29(24,25)26;1-3-14(2)15-6-8-16(9-7-15)27-13-20(23)28-18-10-11-19(29(24,25)26)17-5-4-12-22-21(17)18;1-4-13(2)14-5-7-15(8-6-14)25-12-19(20)26-17-10-9-16(27(21,22)23)11-18(17)24-3;2*1-4-10-16(11-5-1)19(17-12-6-2-7-13-17)18-14-8-3-9-15-18/h2-3,6-9,12-20H,1,4-5,10-11H2;4-13,15H,3,14H2,1-2H3,(H,24,25,26);4-12,14H,3,13H2,1-2H3,(H,24,25,26);5-11,13H,4,12H2,1-3H3,(H,21,22,23);2*1-15H/q+1;;;;2*+1/p-3. The molecule has 18 rings (SSSR count). The summed E-state index contributed by atoms with van der Waals surface area (Å²) < 4.78 is 139. The summed E-state index contributed by atoms with van der Waals surface area (Å²) in [6, 6.07) is 135. The van der Waals surface area contributed by atoms with Crippen molar-refractivity contribution >= 4 is 103 Å². The number of carbonyl (C=O) groups is 3. The van der Waals surface area contributed by atoms with Crippen LogP contribution in [0.4, 0.5) is 0 Å². The average Bonchev–Trinajstić information content (AvgIpc) is 0.770. The Hall–Kier alpha value is -14.4. The van der Waals surface area contributed by atoms with E-state index >= 15 is 0 Å². The van der Waals surface area contributed by atoms with Crippen molar-refractivity contribution in [3.05, 3.63) is 447 Å². The van der Waals surface area contributed by atoms with Crippen molar-refractivity contribution < 1.29 is 86.5 Å². The van der Waals surface area contributed by atoms with E-state index < -0.39 is 58.1 Å². The molecule has 1 fully saturated rings. The number of carbonyl (C=O) groups excluding carboxylic acids is 3. The summed E-state index contributed by atoms with van der Waals surface area (Å²) >= 11 is 0. The maximum absolute atomic E-state index is 12.2. The molecule has 0 bridgehead atoms. The zero-order chi connectivity index (χ0) is 105. The highest BCUT2D eigenvalue weighted by Crippen LogP contribution is 2.40. The van der Waals surface area contributed by atoms with Gasteiger partial charge in [0.2, 0.25) is 0 Å². The lowest BCUT2D eigenvalue weighted by atomic mass is 9.84. The van der Waals surface area contributed by atoms with Gasteiger partial charge in [0.25, 0.3) is 0 Å². The molecule has 3 atom stereocenters. The summed E-state index contributed by atoms with van der Waals surface area (Å²) in [5, 5.41) is 0.652. The molecule has 3 unspecified atom stereocenters. The zero-order valence-electron chi connectivity index (χ0n) is 83.2. The lowest BCUT2D eigenvalue weighted by Crippen LogP contribution is -2.18. The highest BCUT2D eigenvalue weighted by Gasteiger charge is 2.32. The van der Waals surface area contributed by atoms with Crippen LogP contribution in [-0.4, -0.2) is 88.7 Å². The van der Waals surface area contributed by atoms with Crippen LogP contribution in [-0.2, 0) is 77.4 Å². The molecule has 0 aliphatic heterocycles. The van der Waals surface area contributed by atoms with E-state index in [0.717, 1.165) is 43.4 Å². The fourth-order valence-electron chi connectivity index (χ4n) is 16.1. The van der Waals surface area contributed by atoms with Crippen LogP contribution < -0.4 is 33.2 Å². The molecule has 20 nitrogen and oxygen atoms in total. The molecule has 1 heterocycles. The molecule has 760 valence electrons. The van der Waals surface area contributed by atoms with E-state index in [9.17, 15) is 53.3 Å². The Morgan fingerprint density at radius 2 is 0.622 bits per heavy atom. The molecule has 0 N–H and O–H groups in total. The van der Waals surface area contributed by atoms with Gasteiger partial charge in [0.05, 0.1) is 54.5 Å². The highest BCUT2D eigenvalue weighted by atomic mass is 32.2. The van der Waals surface area contributed by atoms with Crippen LogP contribution >= 0.6 is 0 Å². The molecular formula is C122H117NO19S6. The van der Waals surface area contributed by atoms with Gasteiger partial charge in [-0.25, -0.2) is 39.6 Å². The molecule has 17 aromatic rings. The third-order valence-electron chi connectivity index (χ3n) is 24.4. The predicted molar refractivity (Wildman–Crippen MR) is 582 cm³/mol. The number of methoxy groups -OCH3 is 1. The third-order valence-corrected chi connectivity index (χ3v) is 33.8. The topological polar surface area (TPSA) is 300 Å². The van der Waals surface area contributed by atoms with Crippen LogP contribution in [0.2, 0.25) is 0 Å². The van der Waals surface area contributed by atoms with Crippen molar-refractivity contribution in [1.29, 1.82) is 0 Å². The number of esters is 3. The van der Waals surface area contributed by atoms with Gasteiger partial charge in [-0.1, -0.05) is 279 Å². The number of hydrogen-bond acceptors (Lipinski definition) is 20. The number of rotatable bonds is 32. The molecule has 1 aromatic heterocycles. The molecule has 0 amide bonds. The van der Waals surface area contributed by atoms with E-state index in [-0.39, 0.29) is 96.7 Å². The van der Waals surface area contributed by atoms with E-state index in [1.165, 1.54) is 166 Å². The fourth-order valence-corrected chi connectivity index (χ4v) is 24.3. The normalized spacial score (nSPS) is 12.5. The Morgan fingerprint density at radius 1 is 0.311 bits per heavy atom. The summed E-state index contributed by atoms with van der Waals surface area (Å²) in [6.07, 6.45) is 11.4. The molecule has 1 aliphatic rings. The first-order valence-corrected chi connectivity index (χ1v) is 56.5. The second kappa shape index (κ2) is 55.4. The van der Waals surface area contributed by atoms with Crippen molar-refractivity contribution in [2.24, 2.45) is 0 Å². The number of hydrogen-bond donors (Lipinski definition) is 0. The van der Waals surface area contributed by atoms with Crippen LogP contribution in [0.5, 0.6) is 40.2 Å². The van der Waals surface area contributed by atoms with E-state index in [4.69, 9.17) is 33.2 Å². The van der Waals surface area contributed by atoms with E-state index in [0.29, 0.717) is 40.4 Å². The Balaban J connectivity index is 0.000000149. The third kappa shape index (κ3) is 32.3. The summed E-state index contributed by atoms with van der Waals surface area (Å²) in [7, 11) is -12.8. The highest BCUT2D eigenvalue weighted by molar-refractivity contribution is 7.97. The van der Waals surface area contributed by atoms with Crippen molar-refractivity contribution in [2.45, 2.75) is 175 Å². The van der Waals surface area contributed by atoms with Gasteiger partial charge >= 0.3 is 17.9 Å². The first kappa shape index (κ1) is 111. The maximum atomic E-state index is 12.2. The number of nitrogens with zero attached hydrogens (tertiary/aromatic N) is 1. The van der Waals surface area contributed by atoms with Crippen molar-refractivity contribution in [3.63, 3.8) is 0 Å². The number of benzene rings is 16. The SMILES string of the molecule is CCC(C)c1ccc(OCC(=O)Oc2ccc(S(=O)(=O)[O-])c3cccnc23)cc1.CCC(C)c1ccc(OCC(=O)Oc2ccc(S(=O)(=O)[O-])cc2OC)cc1.CCC(C)c1ccc(OCC(=O)Oc2cccc3c(S(=O)(=O)[O-])cccc23)cc1.c1ccc([S+](c2ccccc2)c2ccc(C3CCCCC3)cc2)cc1.c1ccc([S+](c2ccccc2)c2ccccc2)cc1.c1ccc([S+](c2ccccc2)c2ccccc2)cc1. The van der Waals surface area contributed by atoms with Gasteiger partial charge < -0.3 is 46.8 Å². The summed E-state index contributed by atoms with van der Waals surface area (Å²) in [5.41, 5.74) is 5.21. The van der Waals surface area contributed by atoms with Gasteiger partial charge in [-0.2, -0.15) is 0 Å². The minimum absolute atomic E-state index is 0.00869. The molecule has 16 aromatic carbocycles. The summed E-state index contributed by atoms with van der Waals surface area (Å²) in [4.78, 5) is 51.5. The number of pyridine rings is 1. The zero-order valence-corrected chi connectivity index (χ0v) is 88.1. The van der Waals surface area contributed by atoms with Crippen molar-refractivity contribution in [3.8, 4) is 40.2 Å². The quantitative estimate of drug-likeness (QED) is 0.0164. The van der Waals surface area contributed by atoms with Gasteiger partial charge in [-0.3, -0.25) is 4.98 Å². The Kier molecular flexibility index (Phi) is 41.5. The first-order chi connectivity index (χ1) is 71.6. The lowest BCUT2D eigenvalue weighted by Gasteiger charge is -2.22. The molecular weight excluding hydrogens is 1980 g/mol. The van der Waals surface area contributed by atoms with Gasteiger partial charge in [-0.15, -0.1) is 0 Å². The minimum atomic E-state index is -4.69. The molecule has 1 saturated carbocycles. The molecule has 148 heavy (non-hydrogen) atoms. The summed E-state index contributed by atoms with van der Waals surface area (Å²) in [5.74, 6) is 1.85. The Morgan fingerprint density at radius 3 is 0.959 bits per heavy atom. The van der Waals surface area contributed by atoms with Crippen LogP contribution in [0.1, 0.15) is 139 Å². The fraction of sp³-hybridized carbons (Fsp3) is 0.180. The maximum Gasteiger partial charge on any atom is 0.349 e. The second-order valence-corrected chi connectivity index (χ2v) is 44.6. The van der Waals surface area contributed by atoms with Gasteiger partial charge in [0, 0.05) is 28.4 Å². The number of fused-ring (bicyclic) bond motifs is 2. The van der Waals surface area contributed by atoms with E-state index in [2.05, 4.69) is 313 Å². The average molecular weight is 2090 g/mol. The Labute approximate surface area is 876 Å². The molecule has 26 heteroatoms. The first-order valence-electron chi connectivity index (χ1n) is 48.6. The molecule has 0 radical (unpaired) electrons. The Bertz CT molecular complexity index is 6970. The minimum Gasteiger partial charge on any atom is -0.744 e. The second-order valence-electron chi connectivity index (χ2n) is 34.5. The monoisotopic (exact) mass is 2090 g/mol. The lowest BCUT2D eigenvalue weighted by molar-refractivity contribution is -0.137. The predicted octanol–water partition coefficient (Wildman–Crippen LogP) is 27.4. The summed E-state index contributed by atoms with van der Waals surface area (Å²) in [6.45, 7) is 11.8. The van der Waals surface area contributed by atoms with E-state index in [1.54, 1.807) is 42.5 Å².